The third kappa shape index (κ3) is 8.32. The number of fused-ring (bicyclic) bond motifs is 2. The Hall–Kier alpha value is -5.45. The summed E-state index contributed by atoms with van der Waals surface area (Å²) in [7, 11) is 1.59. The fourth-order valence-electron chi connectivity index (χ4n) is 9.11. The van der Waals surface area contributed by atoms with E-state index in [9.17, 15) is 23.6 Å². The highest BCUT2D eigenvalue weighted by Crippen LogP contribution is 2.37. The highest BCUT2D eigenvalue weighted by molar-refractivity contribution is 6.31. The van der Waals surface area contributed by atoms with E-state index in [1.807, 2.05) is 24.8 Å². The lowest BCUT2D eigenvalue weighted by Crippen LogP contribution is -2.58. The lowest BCUT2D eigenvalue weighted by molar-refractivity contribution is -0.136. The number of halogens is 3. The van der Waals surface area contributed by atoms with Crippen LogP contribution in [0.5, 0.6) is 11.5 Å². The van der Waals surface area contributed by atoms with Crippen molar-refractivity contribution in [2.24, 2.45) is 5.92 Å². The first kappa shape index (κ1) is 41.3. The van der Waals surface area contributed by atoms with Crippen LogP contribution in [0, 0.1) is 17.6 Å². The molecule has 60 heavy (non-hydrogen) atoms. The fourth-order valence-corrected chi connectivity index (χ4v) is 9.29. The van der Waals surface area contributed by atoms with Gasteiger partial charge < -0.3 is 24.6 Å². The third-order valence-corrected chi connectivity index (χ3v) is 12.3. The van der Waals surface area contributed by atoms with Gasteiger partial charge in [0.25, 0.3) is 11.8 Å². The van der Waals surface area contributed by atoms with Crippen molar-refractivity contribution in [3.8, 4) is 11.5 Å². The number of rotatable bonds is 12. The summed E-state index contributed by atoms with van der Waals surface area (Å²) in [6.07, 6.45) is 4.44. The van der Waals surface area contributed by atoms with Gasteiger partial charge in [-0.1, -0.05) is 11.6 Å². The van der Waals surface area contributed by atoms with E-state index in [1.165, 1.54) is 24.5 Å². The normalized spacial score (nSPS) is 21.7. The van der Waals surface area contributed by atoms with Gasteiger partial charge in [-0.3, -0.25) is 34.3 Å². The molecule has 0 radical (unpaired) electrons. The summed E-state index contributed by atoms with van der Waals surface area (Å²) >= 11 is 5.99. The number of piperidine rings is 2. The highest BCUT2D eigenvalue weighted by atomic mass is 35.5. The van der Waals surface area contributed by atoms with Gasteiger partial charge in [-0.15, -0.1) is 0 Å². The number of benzene rings is 3. The maximum Gasteiger partial charge on any atom is 0.262 e. The third-order valence-electron chi connectivity index (χ3n) is 12.0. The van der Waals surface area contributed by atoms with Crippen molar-refractivity contribution in [2.75, 3.05) is 63.2 Å². The number of carbonyl (C=O) groups excluding carboxylic acids is 4. The zero-order chi connectivity index (χ0) is 42.2. The number of hydrogen-bond acceptors (Lipinski definition) is 12. The molecule has 0 aliphatic carbocycles. The first-order valence-corrected chi connectivity index (χ1v) is 20.7. The molecule has 0 saturated carbocycles. The summed E-state index contributed by atoms with van der Waals surface area (Å²) in [6, 6.07) is 9.35. The topological polar surface area (TPSA) is 150 Å². The number of piperazine rings is 1. The van der Waals surface area contributed by atoms with Crippen LogP contribution in [0.25, 0.3) is 10.9 Å². The molecule has 8 rings (SSSR count). The summed E-state index contributed by atoms with van der Waals surface area (Å²) < 4.78 is 41.3. The number of methoxy groups -OCH3 is 1. The van der Waals surface area contributed by atoms with Crippen molar-refractivity contribution >= 4 is 63.3 Å². The van der Waals surface area contributed by atoms with Crippen LogP contribution in [-0.2, 0) is 9.59 Å². The van der Waals surface area contributed by atoms with Crippen LogP contribution in [-0.4, -0.2) is 119 Å². The van der Waals surface area contributed by atoms with E-state index in [-0.39, 0.29) is 46.8 Å². The van der Waals surface area contributed by atoms with Crippen LogP contribution in [0.4, 0.5) is 26.0 Å². The van der Waals surface area contributed by atoms with Crippen molar-refractivity contribution < 1.29 is 37.4 Å². The van der Waals surface area contributed by atoms with Gasteiger partial charge in [0.05, 0.1) is 41.1 Å². The molecular formula is C43H47ClF2N8O6. The molecule has 3 fully saturated rings. The van der Waals surface area contributed by atoms with E-state index in [2.05, 4.69) is 30.4 Å². The minimum atomic E-state index is -1.11. The minimum absolute atomic E-state index is 0.00483. The first-order valence-electron chi connectivity index (χ1n) is 20.3. The van der Waals surface area contributed by atoms with Crippen LogP contribution in [0.3, 0.4) is 0 Å². The van der Waals surface area contributed by atoms with Gasteiger partial charge in [0.2, 0.25) is 11.8 Å². The molecule has 4 aliphatic heterocycles. The van der Waals surface area contributed by atoms with Crippen molar-refractivity contribution in [3.05, 3.63) is 76.6 Å². The fraction of sp³-hybridized carbons (Fsp3) is 0.442. The van der Waals surface area contributed by atoms with Crippen molar-refractivity contribution in [3.63, 3.8) is 0 Å². The summed E-state index contributed by atoms with van der Waals surface area (Å²) in [5.41, 5.74) is 1.51. The molecule has 14 nitrogen and oxygen atoms in total. The van der Waals surface area contributed by atoms with Crippen LogP contribution in [0.1, 0.15) is 66.7 Å². The van der Waals surface area contributed by atoms with E-state index in [0.29, 0.717) is 46.4 Å². The quantitative estimate of drug-likeness (QED) is 0.131. The van der Waals surface area contributed by atoms with E-state index < -0.39 is 41.3 Å². The van der Waals surface area contributed by atoms with E-state index in [0.717, 1.165) is 69.5 Å². The Balaban J connectivity index is 0.816. The number of carbonyl (C=O) groups is 4. The number of imide groups is 2. The van der Waals surface area contributed by atoms with Crippen LogP contribution >= 0.6 is 11.6 Å². The van der Waals surface area contributed by atoms with Gasteiger partial charge >= 0.3 is 0 Å². The number of nitrogens with zero attached hydrogens (tertiary/aromatic N) is 6. The summed E-state index contributed by atoms with van der Waals surface area (Å²) in [4.78, 5) is 67.4. The Morgan fingerprint density at radius 3 is 2.32 bits per heavy atom. The molecule has 4 amide bonds. The second-order valence-corrected chi connectivity index (χ2v) is 16.5. The number of nitrogens with one attached hydrogen (secondary N) is 2. The predicted molar refractivity (Wildman–Crippen MR) is 221 cm³/mol. The van der Waals surface area contributed by atoms with Gasteiger partial charge in [0.15, 0.2) is 11.5 Å². The van der Waals surface area contributed by atoms with E-state index >= 15 is 4.39 Å². The van der Waals surface area contributed by atoms with E-state index in [1.54, 1.807) is 19.2 Å². The molecule has 2 N–H and O–H groups in total. The van der Waals surface area contributed by atoms with E-state index in [4.69, 9.17) is 21.1 Å². The van der Waals surface area contributed by atoms with Crippen LogP contribution < -0.4 is 25.0 Å². The molecule has 316 valence electrons. The standard InChI is InChI=1S/C43H47ClF2N8O6/c1-24-20-52(21-25(2)53(24)36-17-29-28(16-33(36)46)42(57)54(43(29)58)35-7-8-39(55)50-41(35)56)22-26-9-12-51(13-10-26)11-4-14-60-38-18-30-34(19-37(38)59-3)47-23-48-40(30)49-27-5-6-32(45)31(44)15-27/h5-6,15-19,23-26,35H,4,7-14,20-22H2,1-3H3,(H,47,48,49)(H,50,55,56). The number of likely N-dealkylation sites (tertiary alicyclic amines) is 1. The molecule has 4 aromatic rings. The smallest absolute Gasteiger partial charge is 0.262 e. The molecule has 0 bridgehead atoms. The average Bonchev–Trinajstić information content (AvgIpc) is 3.45. The Labute approximate surface area is 351 Å². The van der Waals surface area contributed by atoms with Crippen LogP contribution in [0.15, 0.2) is 48.8 Å². The molecule has 0 spiro atoms. The molecule has 5 heterocycles. The monoisotopic (exact) mass is 844 g/mol. The van der Waals surface area contributed by atoms with Crippen LogP contribution in [0.2, 0.25) is 5.02 Å². The van der Waals surface area contributed by atoms with Gasteiger partial charge in [-0.05, 0) is 94.9 Å². The predicted octanol–water partition coefficient (Wildman–Crippen LogP) is 5.79. The molecule has 3 aromatic carbocycles. The second-order valence-electron chi connectivity index (χ2n) is 16.1. The molecule has 4 aliphatic rings. The highest BCUT2D eigenvalue weighted by Gasteiger charge is 2.46. The van der Waals surface area contributed by atoms with Gasteiger partial charge in [0, 0.05) is 61.8 Å². The number of hydrogen-bond donors (Lipinski definition) is 2. The minimum Gasteiger partial charge on any atom is -0.493 e. The molecule has 17 heteroatoms. The average molecular weight is 845 g/mol. The maximum atomic E-state index is 15.8. The summed E-state index contributed by atoms with van der Waals surface area (Å²) in [5.74, 6) is -1.44. The molecule has 1 aromatic heterocycles. The summed E-state index contributed by atoms with van der Waals surface area (Å²) in [5, 5.41) is 6.10. The number of amides is 4. The molecule has 3 atom stereocenters. The largest absolute Gasteiger partial charge is 0.493 e. The summed E-state index contributed by atoms with van der Waals surface area (Å²) in [6.45, 7) is 9.81. The maximum absolute atomic E-state index is 15.8. The number of ether oxygens (including phenoxy) is 2. The Bertz CT molecular complexity index is 2330. The Kier molecular flexibility index (Phi) is 11.9. The van der Waals surface area contributed by atoms with Gasteiger partial charge in [-0.25, -0.2) is 18.7 Å². The van der Waals surface area contributed by atoms with Crippen molar-refractivity contribution in [1.29, 1.82) is 0 Å². The number of anilines is 3. The number of aromatic nitrogens is 2. The van der Waals surface area contributed by atoms with Crippen molar-refractivity contribution in [1.82, 2.24) is 30.0 Å². The lowest BCUT2D eigenvalue weighted by Gasteiger charge is -2.47. The lowest BCUT2D eigenvalue weighted by atomic mass is 9.94. The zero-order valence-corrected chi connectivity index (χ0v) is 34.4. The first-order chi connectivity index (χ1) is 28.9. The Morgan fingerprint density at radius 2 is 1.62 bits per heavy atom. The molecule has 3 unspecified atom stereocenters. The molecular weight excluding hydrogens is 798 g/mol. The van der Waals surface area contributed by atoms with Crippen molar-refractivity contribution in [2.45, 2.75) is 64.1 Å². The second kappa shape index (κ2) is 17.3. The van der Waals surface area contributed by atoms with Gasteiger partial charge in [0.1, 0.15) is 29.8 Å². The zero-order valence-electron chi connectivity index (χ0n) is 33.7. The van der Waals surface area contributed by atoms with Gasteiger partial charge in [-0.2, -0.15) is 0 Å². The molecule has 3 saturated heterocycles. The Morgan fingerprint density at radius 1 is 0.883 bits per heavy atom. The SMILES string of the molecule is COc1cc2ncnc(Nc3ccc(F)c(Cl)c3)c2cc1OCCCN1CCC(CN2CC(C)N(c3cc4c(cc3F)C(=O)N(C3CCC(=O)NC3=O)C4=O)C(C)C2)CC1.